The van der Waals surface area contributed by atoms with Gasteiger partial charge in [-0.3, -0.25) is 4.72 Å². The average Bonchev–Trinajstić information content (AvgIpc) is 2.41. The van der Waals surface area contributed by atoms with Gasteiger partial charge in [-0.1, -0.05) is 35.3 Å². The highest BCUT2D eigenvalue weighted by Gasteiger charge is 2.18. The van der Waals surface area contributed by atoms with Crippen molar-refractivity contribution in [3.05, 3.63) is 64.1 Å². The fourth-order valence-corrected chi connectivity index (χ4v) is 3.17. The van der Waals surface area contributed by atoms with Crippen LogP contribution in [0.5, 0.6) is 0 Å². The van der Waals surface area contributed by atoms with Gasteiger partial charge < -0.3 is 5.11 Å². The highest BCUT2D eigenvalue weighted by Crippen LogP contribution is 2.20. The van der Waals surface area contributed by atoms with Gasteiger partial charge >= 0.3 is 0 Å². The highest BCUT2D eigenvalue weighted by atomic mass is 35.5. The Bertz CT molecular complexity index is 700. The Balaban J connectivity index is 2.06. The van der Waals surface area contributed by atoms with Crippen molar-refractivity contribution in [1.82, 2.24) is 0 Å². The van der Waals surface area contributed by atoms with Crippen LogP contribution in [0.2, 0.25) is 10.0 Å². The number of rotatable bonds is 5. The molecule has 2 rings (SSSR count). The van der Waals surface area contributed by atoms with Crippen LogP contribution in [0.15, 0.2) is 48.5 Å². The Morgan fingerprint density at radius 1 is 0.952 bits per heavy atom. The monoisotopic (exact) mass is 345 g/mol. The van der Waals surface area contributed by atoms with Crippen molar-refractivity contribution in [3.63, 3.8) is 0 Å². The summed E-state index contributed by atoms with van der Waals surface area (Å²) in [6.45, 7) is 0. The largest absolute Gasteiger partial charge is 0.387 e. The number of halogens is 2. The van der Waals surface area contributed by atoms with Crippen LogP contribution in [0.3, 0.4) is 0 Å². The van der Waals surface area contributed by atoms with Gasteiger partial charge in [0, 0.05) is 15.7 Å². The number of hydrogen-bond donors (Lipinski definition) is 2. The van der Waals surface area contributed by atoms with E-state index >= 15 is 0 Å². The Labute approximate surface area is 133 Å². The fourth-order valence-electron chi connectivity index (χ4n) is 1.73. The van der Waals surface area contributed by atoms with E-state index in [0.29, 0.717) is 21.3 Å². The van der Waals surface area contributed by atoms with Crippen LogP contribution in [0, 0.1) is 0 Å². The van der Waals surface area contributed by atoms with E-state index in [1.165, 1.54) is 0 Å². The summed E-state index contributed by atoms with van der Waals surface area (Å²) < 4.78 is 26.4. The molecule has 1 atom stereocenters. The van der Waals surface area contributed by atoms with Crippen LogP contribution in [0.25, 0.3) is 0 Å². The molecule has 0 aromatic heterocycles. The maximum atomic E-state index is 12.0. The number of hydrogen-bond acceptors (Lipinski definition) is 3. The first-order valence-corrected chi connectivity index (χ1v) is 8.46. The molecular formula is C14H13Cl2NO3S. The molecule has 2 aromatic rings. The molecule has 4 nitrogen and oxygen atoms in total. The normalized spacial score (nSPS) is 12.9. The number of benzene rings is 2. The van der Waals surface area contributed by atoms with Gasteiger partial charge in [-0.15, -0.1) is 0 Å². The van der Waals surface area contributed by atoms with E-state index in [4.69, 9.17) is 23.2 Å². The van der Waals surface area contributed by atoms with Crippen LogP contribution in [0.4, 0.5) is 5.69 Å². The quantitative estimate of drug-likeness (QED) is 0.871. The molecule has 0 saturated heterocycles. The molecule has 0 aliphatic rings. The fraction of sp³-hybridized carbons (Fsp3) is 0.143. The molecule has 0 saturated carbocycles. The van der Waals surface area contributed by atoms with Crippen molar-refractivity contribution in [2.45, 2.75) is 6.10 Å². The minimum absolute atomic E-state index is 0.391. The second-order valence-corrected chi connectivity index (χ2v) is 7.10. The second-order valence-electron chi connectivity index (χ2n) is 4.46. The lowest BCUT2D eigenvalue weighted by Crippen LogP contribution is -2.21. The maximum Gasteiger partial charge on any atom is 0.235 e. The number of sulfonamides is 1. The first kappa shape index (κ1) is 16.1. The molecule has 0 aliphatic heterocycles. The van der Waals surface area contributed by atoms with E-state index in [0.717, 1.165) is 0 Å². The number of anilines is 1. The predicted molar refractivity (Wildman–Crippen MR) is 85.3 cm³/mol. The average molecular weight is 346 g/mol. The van der Waals surface area contributed by atoms with Crippen molar-refractivity contribution in [1.29, 1.82) is 0 Å². The summed E-state index contributed by atoms with van der Waals surface area (Å²) in [5.74, 6) is -0.447. The molecule has 0 heterocycles. The lowest BCUT2D eigenvalue weighted by molar-refractivity contribution is 0.202. The molecule has 112 valence electrons. The van der Waals surface area contributed by atoms with Gasteiger partial charge in [0.1, 0.15) is 0 Å². The van der Waals surface area contributed by atoms with E-state index < -0.39 is 21.9 Å². The zero-order valence-corrected chi connectivity index (χ0v) is 13.2. The van der Waals surface area contributed by atoms with E-state index in [1.54, 1.807) is 48.5 Å². The van der Waals surface area contributed by atoms with E-state index in [2.05, 4.69) is 4.72 Å². The first-order valence-electron chi connectivity index (χ1n) is 6.05. The van der Waals surface area contributed by atoms with Crippen molar-refractivity contribution in [3.8, 4) is 0 Å². The number of aliphatic hydroxyl groups excluding tert-OH is 1. The molecule has 21 heavy (non-hydrogen) atoms. The summed E-state index contributed by atoms with van der Waals surface area (Å²) >= 11 is 11.5. The zero-order valence-electron chi connectivity index (χ0n) is 10.8. The van der Waals surface area contributed by atoms with Gasteiger partial charge in [0.15, 0.2) is 0 Å². The van der Waals surface area contributed by atoms with Crippen molar-refractivity contribution < 1.29 is 13.5 Å². The highest BCUT2D eigenvalue weighted by molar-refractivity contribution is 7.92. The third-order valence-corrected chi connectivity index (χ3v) is 4.55. The van der Waals surface area contributed by atoms with Crippen LogP contribution in [-0.2, 0) is 10.0 Å². The molecule has 2 aromatic carbocycles. The Kier molecular flexibility index (Phi) is 5.11. The Morgan fingerprint density at radius 3 is 1.95 bits per heavy atom. The minimum atomic E-state index is -3.68. The summed E-state index contributed by atoms with van der Waals surface area (Å²) in [5, 5.41) is 11.0. The van der Waals surface area contributed by atoms with Crippen molar-refractivity contribution in [2.75, 3.05) is 10.5 Å². The molecule has 0 bridgehead atoms. The van der Waals surface area contributed by atoms with Crippen molar-refractivity contribution >= 4 is 38.9 Å². The third kappa shape index (κ3) is 4.89. The van der Waals surface area contributed by atoms with Gasteiger partial charge in [-0.05, 0) is 42.0 Å². The summed E-state index contributed by atoms with van der Waals surface area (Å²) in [4.78, 5) is 0. The standard InChI is InChI=1S/C14H13Cl2NO3S/c15-11-3-1-10(2-4-11)14(18)9-21(19,20)17-13-7-5-12(16)6-8-13/h1-8,14,17-18H,9H2. The summed E-state index contributed by atoms with van der Waals surface area (Å²) in [6, 6.07) is 12.6. The minimum Gasteiger partial charge on any atom is -0.387 e. The summed E-state index contributed by atoms with van der Waals surface area (Å²) in [5.41, 5.74) is 0.878. The topological polar surface area (TPSA) is 66.4 Å². The van der Waals surface area contributed by atoms with Gasteiger partial charge in [-0.25, -0.2) is 8.42 Å². The van der Waals surface area contributed by atoms with Crippen LogP contribution in [0.1, 0.15) is 11.7 Å². The maximum absolute atomic E-state index is 12.0. The van der Waals surface area contributed by atoms with Gasteiger partial charge in [0.25, 0.3) is 0 Å². The molecule has 2 N–H and O–H groups in total. The van der Waals surface area contributed by atoms with E-state index in [-0.39, 0.29) is 0 Å². The Hall–Kier alpha value is -1.27. The van der Waals surface area contributed by atoms with Gasteiger partial charge in [0.05, 0.1) is 11.9 Å². The third-order valence-electron chi connectivity index (χ3n) is 2.75. The molecule has 0 spiro atoms. The number of aliphatic hydroxyl groups is 1. The molecule has 0 amide bonds. The van der Waals surface area contributed by atoms with E-state index in [1.807, 2.05) is 0 Å². The van der Waals surface area contributed by atoms with Crippen LogP contribution in [-0.4, -0.2) is 19.3 Å². The van der Waals surface area contributed by atoms with Crippen molar-refractivity contribution in [2.24, 2.45) is 0 Å². The van der Waals surface area contributed by atoms with Gasteiger partial charge in [0.2, 0.25) is 10.0 Å². The molecule has 1 unspecified atom stereocenters. The number of nitrogens with one attached hydrogen (secondary N) is 1. The SMILES string of the molecule is O=S(=O)(CC(O)c1ccc(Cl)cc1)Nc1ccc(Cl)cc1. The second kappa shape index (κ2) is 6.66. The summed E-state index contributed by atoms with van der Waals surface area (Å²) in [6.07, 6.45) is -1.13. The molecular weight excluding hydrogens is 333 g/mol. The lowest BCUT2D eigenvalue weighted by Gasteiger charge is -2.13. The van der Waals surface area contributed by atoms with Gasteiger partial charge in [-0.2, -0.15) is 0 Å². The lowest BCUT2D eigenvalue weighted by atomic mass is 10.1. The van der Waals surface area contributed by atoms with E-state index in [9.17, 15) is 13.5 Å². The summed E-state index contributed by atoms with van der Waals surface area (Å²) in [7, 11) is -3.68. The predicted octanol–water partition coefficient (Wildman–Crippen LogP) is 3.47. The van der Waals surface area contributed by atoms with Crippen LogP contribution >= 0.6 is 23.2 Å². The molecule has 0 aliphatic carbocycles. The zero-order chi connectivity index (χ0) is 15.5. The Morgan fingerprint density at radius 2 is 1.43 bits per heavy atom. The molecule has 7 heteroatoms. The first-order chi connectivity index (χ1) is 9.85. The molecule has 0 fully saturated rings. The van der Waals surface area contributed by atoms with Crippen LogP contribution < -0.4 is 4.72 Å². The smallest absolute Gasteiger partial charge is 0.235 e. The molecule has 0 radical (unpaired) electrons.